The lowest BCUT2D eigenvalue weighted by atomic mass is 10.1. The Bertz CT molecular complexity index is 1510. The molecule has 1 fully saturated rings. The van der Waals surface area contributed by atoms with Gasteiger partial charge >= 0.3 is 0 Å². The first-order valence-electron chi connectivity index (χ1n) is 11.4. The average Bonchev–Trinajstić information content (AvgIpc) is 3.25. The number of fused-ring (bicyclic) bond motifs is 1. The Morgan fingerprint density at radius 1 is 1.00 bits per heavy atom. The lowest BCUT2D eigenvalue weighted by Gasteiger charge is -2.37. The summed E-state index contributed by atoms with van der Waals surface area (Å²) < 4.78 is 0. The maximum atomic E-state index is 13.3. The Balaban J connectivity index is 1.54. The molecule has 5 rings (SSSR count). The van der Waals surface area contributed by atoms with Crippen LogP contribution in [0.5, 0.6) is 0 Å². The Labute approximate surface area is 216 Å². The molecule has 0 atom stereocenters. The van der Waals surface area contributed by atoms with E-state index in [4.69, 9.17) is 17.3 Å². The fraction of sp³-hybridized carbons (Fsp3) is 0.192. The highest BCUT2D eigenvalue weighted by molar-refractivity contribution is 7.20. The minimum atomic E-state index is -0.605. The van der Waals surface area contributed by atoms with E-state index in [9.17, 15) is 14.4 Å². The molecule has 0 spiro atoms. The zero-order chi connectivity index (χ0) is 25.4. The number of ketones is 1. The predicted octanol–water partition coefficient (Wildman–Crippen LogP) is 4.61. The van der Waals surface area contributed by atoms with Crippen LogP contribution in [0.1, 0.15) is 27.0 Å². The molecule has 2 aromatic carbocycles. The van der Waals surface area contributed by atoms with E-state index in [1.807, 2.05) is 18.2 Å². The number of pyridine rings is 1. The van der Waals surface area contributed by atoms with E-state index in [0.717, 1.165) is 23.8 Å². The van der Waals surface area contributed by atoms with Crippen molar-refractivity contribution < 1.29 is 9.59 Å². The number of rotatable bonds is 5. The first kappa shape index (κ1) is 23.9. The van der Waals surface area contributed by atoms with Crippen molar-refractivity contribution in [1.82, 2.24) is 4.98 Å². The van der Waals surface area contributed by atoms with Gasteiger partial charge in [-0.2, -0.15) is 0 Å². The third-order valence-corrected chi connectivity index (χ3v) is 7.74. The summed E-state index contributed by atoms with van der Waals surface area (Å²) in [6, 6.07) is 16.9. The maximum Gasteiger partial charge on any atom is 0.267 e. The monoisotopic (exact) mass is 521 g/mol. The molecular weight excluding hydrogens is 498 g/mol. The number of thiophene rings is 1. The number of piperazine rings is 1. The number of Topliss-reactive ketones (excluding diaryl/α,β-unsaturated/α-hetero) is 1. The van der Waals surface area contributed by atoms with Crippen molar-refractivity contribution in [2.75, 3.05) is 47.0 Å². The number of halogens is 1. The van der Waals surface area contributed by atoms with Crippen LogP contribution < -0.4 is 26.4 Å². The summed E-state index contributed by atoms with van der Waals surface area (Å²) in [5.74, 6) is -0.805. The van der Waals surface area contributed by atoms with Crippen LogP contribution in [0.2, 0.25) is 5.02 Å². The second-order valence-electron chi connectivity index (χ2n) is 8.56. The zero-order valence-corrected chi connectivity index (χ0v) is 21.1. The molecule has 2 aromatic heterocycles. The number of benzene rings is 2. The van der Waals surface area contributed by atoms with Crippen molar-refractivity contribution >= 4 is 67.6 Å². The van der Waals surface area contributed by atoms with Gasteiger partial charge in [0.2, 0.25) is 0 Å². The molecule has 184 valence electrons. The number of H-pyrrole nitrogens is 1. The van der Waals surface area contributed by atoms with Crippen molar-refractivity contribution in [2.45, 2.75) is 6.92 Å². The zero-order valence-electron chi connectivity index (χ0n) is 19.5. The number of carbonyl (C=O) groups is 2. The van der Waals surface area contributed by atoms with Gasteiger partial charge in [0.1, 0.15) is 15.4 Å². The standard InChI is InChI=1S/C26H24ClN5O3S/c1-15(33)19-21(28)20-22(30-24(19)34)23(25(35)29-17-9-7-16(27)8-10-17)36-26(20)32-13-11-31(12-14-32)18-5-3-2-4-6-18/h2-10H,11-14,28H2,1H3,(H,29,35)(H,30,34). The Morgan fingerprint density at radius 3 is 2.28 bits per heavy atom. The van der Waals surface area contributed by atoms with Gasteiger partial charge in [0, 0.05) is 42.6 Å². The molecule has 0 bridgehead atoms. The summed E-state index contributed by atoms with van der Waals surface area (Å²) in [5, 5.41) is 4.70. The van der Waals surface area contributed by atoms with Crippen LogP contribution in [0.4, 0.5) is 22.1 Å². The minimum Gasteiger partial charge on any atom is -0.397 e. The maximum absolute atomic E-state index is 13.3. The molecule has 1 aliphatic rings. The molecule has 1 aliphatic heterocycles. The van der Waals surface area contributed by atoms with Gasteiger partial charge < -0.3 is 25.8 Å². The number of aromatic nitrogens is 1. The molecule has 36 heavy (non-hydrogen) atoms. The highest BCUT2D eigenvalue weighted by Gasteiger charge is 2.28. The number of amides is 1. The summed E-state index contributed by atoms with van der Waals surface area (Å²) in [6.07, 6.45) is 0. The summed E-state index contributed by atoms with van der Waals surface area (Å²) in [4.78, 5) is 45.8. The van der Waals surface area contributed by atoms with Crippen molar-refractivity contribution in [2.24, 2.45) is 0 Å². The van der Waals surface area contributed by atoms with Crippen molar-refractivity contribution in [3.8, 4) is 0 Å². The highest BCUT2D eigenvalue weighted by atomic mass is 35.5. The molecule has 1 amide bonds. The third kappa shape index (κ3) is 4.43. The number of anilines is 4. The van der Waals surface area contributed by atoms with Gasteiger partial charge in [-0.15, -0.1) is 11.3 Å². The molecule has 8 nitrogen and oxygen atoms in total. The Morgan fingerprint density at radius 2 is 1.64 bits per heavy atom. The van der Waals surface area contributed by atoms with E-state index in [1.54, 1.807) is 24.3 Å². The van der Waals surface area contributed by atoms with E-state index in [2.05, 4.69) is 32.2 Å². The molecule has 0 radical (unpaired) electrons. The largest absolute Gasteiger partial charge is 0.397 e. The molecule has 3 heterocycles. The fourth-order valence-corrected chi connectivity index (χ4v) is 5.82. The highest BCUT2D eigenvalue weighted by Crippen LogP contribution is 2.42. The first-order valence-corrected chi connectivity index (χ1v) is 12.6. The molecule has 0 unspecified atom stereocenters. The summed E-state index contributed by atoms with van der Waals surface area (Å²) >= 11 is 7.21. The lowest BCUT2D eigenvalue weighted by molar-refractivity contribution is 0.101. The molecule has 0 aliphatic carbocycles. The Hall–Kier alpha value is -3.82. The van der Waals surface area contributed by atoms with Gasteiger partial charge in [0.05, 0.1) is 16.6 Å². The summed E-state index contributed by atoms with van der Waals surface area (Å²) in [5.41, 5.74) is 7.87. The predicted molar refractivity (Wildman–Crippen MR) is 147 cm³/mol. The van der Waals surface area contributed by atoms with Crippen LogP contribution in [-0.4, -0.2) is 42.9 Å². The molecule has 0 saturated carbocycles. The smallest absolute Gasteiger partial charge is 0.267 e. The van der Waals surface area contributed by atoms with Crippen molar-refractivity contribution in [3.63, 3.8) is 0 Å². The summed E-state index contributed by atoms with van der Waals surface area (Å²) in [6.45, 7) is 4.25. The first-order chi connectivity index (χ1) is 17.3. The number of nitrogen functional groups attached to an aromatic ring is 1. The van der Waals surface area contributed by atoms with Crippen LogP contribution in [0, 0.1) is 0 Å². The number of hydrogen-bond acceptors (Lipinski definition) is 7. The van der Waals surface area contributed by atoms with Gasteiger partial charge in [0.25, 0.3) is 11.5 Å². The van der Waals surface area contributed by atoms with Crippen LogP contribution in [0.3, 0.4) is 0 Å². The van der Waals surface area contributed by atoms with E-state index >= 15 is 0 Å². The molecule has 10 heteroatoms. The quantitative estimate of drug-likeness (QED) is 0.331. The van der Waals surface area contributed by atoms with Crippen LogP contribution in [0.25, 0.3) is 10.9 Å². The second kappa shape index (κ2) is 9.67. The molecule has 4 N–H and O–H groups in total. The van der Waals surface area contributed by atoms with Crippen molar-refractivity contribution in [1.29, 1.82) is 0 Å². The third-order valence-electron chi connectivity index (χ3n) is 6.24. The van der Waals surface area contributed by atoms with Gasteiger partial charge in [-0.3, -0.25) is 14.4 Å². The number of aromatic amines is 1. The fourth-order valence-electron chi connectivity index (χ4n) is 4.47. The van der Waals surface area contributed by atoms with Gasteiger partial charge in [-0.25, -0.2) is 0 Å². The van der Waals surface area contributed by atoms with Crippen LogP contribution in [0.15, 0.2) is 59.4 Å². The number of nitrogens with zero attached hydrogens (tertiary/aromatic N) is 2. The van der Waals surface area contributed by atoms with Gasteiger partial charge in [-0.05, 0) is 43.3 Å². The lowest BCUT2D eigenvalue weighted by Crippen LogP contribution is -2.46. The minimum absolute atomic E-state index is 0.0888. The molecule has 4 aromatic rings. The molecular formula is C26H24ClN5O3S. The summed E-state index contributed by atoms with van der Waals surface area (Å²) in [7, 11) is 0. The normalized spacial score (nSPS) is 13.7. The van der Waals surface area contributed by atoms with E-state index in [1.165, 1.54) is 18.3 Å². The molecule has 1 saturated heterocycles. The van der Waals surface area contributed by atoms with Crippen LogP contribution in [-0.2, 0) is 0 Å². The van der Waals surface area contributed by atoms with E-state index in [0.29, 0.717) is 39.6 Å². The second-order valence-corrected chi connectivity index (χ2v) is 9.99. The number of para-hydroxylation sites is 1. The van der Waals surface area contributed by atoms with Gasteiger partial charge in [-0.1, -0.05) is 29.8 Å². The van der Waals surface area contributed by atoms with Gasteiger partial charge in [0.15, 0.2) is 5.78 Å². The topological polar surface area (TPSA) is 112 Å². The average molecular weight is 522 g/mol. The Kier molecular flexibility index (Phi) is 6.42. The van der Waals surface area contributed by atoms with E-state index < -0.39 is 11.3 Å². The van der Waals surface area contributed by atoms with Crippen LogP contribution >= 0.6 is 22.9 Å². The number of carbonyl (C=O) groups excluding carboxylic acids is 2. The van der Waals surface area contributed by atoms with E-state index in [-0.39, 0.29) is 17.2 Å². The SMILES string of the molecule is CC(=O)c1c(N)c2c(N3CCN(c4ccccc4)CC3)sc(C(=O)Nc3ccc(Cl)cc3)c2[nH]c1=O. The number of hydrogen-bond donors (Lipinski definition) is 3. The number of nitrogens with one attached hydrogen (secondary N) is 2. The van der Waals surface area contributed by atoms with Crippen molar-refractivity contribution in [3.05, 3.63) is 80.4 Å². The number of nitrogens with two attached hydrogens (primary N) is 1.